The van der Waals surface area contributed by atoms with E-state index in [1.54, 1.807) is 24.9 Å². The number of aromatic amines is 1. The first-order valence-corrected chi connectivity index (χ1v) is 8.57. The Hall–Kier alpha value is -1.75. The number of hydrogen-bond acceptors (Lipinski definition) is 3. The molecule has 23 heavy (non-hydrogen) atoms. The van der Waals surface area contributed by atoms with Crippen molar-refractivity contribution in [3.05, 3.63) is 59.4 Å². The van der Waals surface area contributed by atoms with Crippen molar-refractivity contribution in [1.29, 1.82) is 0 Å². The summed E-state index contributed by atoms with van der Waals surface area (Å²) in [6, 6.07) is 11.8. The van der Waals surface area contributed by atoms with Crippen LogP contribution in [0.1, 0.15) is 19.0 Å². The molecule has 2 N–H and O–H groups in total. The summed E-state index contributed by atoms with van der Waals surface area (Å²) in [4.78, 5) is 9.97. The van der Waals surface area contributed by atoms with Gasteiger partial charge in [0.25, 0.3) is 0 Å². The fourth-order valence-electron chi connectivity index (χ4n) is 2.25. The van der Waals surface area contributed by atoms with Crippen LogP contribution in [0.2, 0.25) is 5.02 Å². The summed E-state index contributed by atoms with van der Waals surface area (Å²) in [6.07, 6.45) is 6.03. The van der Waals surface area contributed by atoms with Crippen LogP contribution in [0, 0.1) is 0 Å². The van der Waals surface area contributed by atoms with Gasteiger partial charge in [-0.3, -0.25) is 0 Å². The fraction of sp³-hybridized carbons (Fsp3) is 0.167. The van der Waals surface area contributed by atoms with Crippen molar-refractivity contribution in [2.24, 2.45) is 0 Å². The molecule has 0 saturated carbocycles. The van der Waals surface area contributed by atoms with Gasteiger partial charge < -0.3 is 10.1 Å². The normalized spacial score (nSPS) is 13.0. The maximum absolute atomic E-state index is 9.41. The molecule has 0 amide bonds. The van der Waals surface area contributed by atoms with Gasteiger partial charge >= 0.3 is 0 Å². The Morgan fingerprint density at radius 1 is 1.30 bits per heavy atom. The Labute approximate surface area is 144 Å². The molecule has 0 aliphatic carbocycles. The van der Waals surface area contributed by atoms with Crippen LogP contribution >= 0.6 is 23.4 Å². The Morgan fingerprint density at radius 3 is 2.83 bits per heavy atom. The van der Waals surface area contributed by atoms with E-state index < -0.39 is 0 Å². The van der Waals surface area contributed by atoms with Gasteiger partial charge in [-0.25, -0.2) is 4.98 Å². The van der Waals surface area contributed by atoms with Crippen LogP contribution in [0.15, 0.2) is 58.5 Å². The smallest absolute Gasteiger partial charge is 0.138 e. The monoisotopic (exact) mass is 344 g/mol. The number of aromatic nitrogens is 2. The molecular weight excluding hydrogens is 328 g/mol. The number of nitrogens with one attached hydrogen (secondary N) is 1. The lowest BCUT2D eigenvalue weighted by Gasteiger charge is -2.03. The van der Waals surface area contributed by atoms with E-state index in [9.17, 15) is 5.11 Å². The molecule has 3 nitrogen and oxygen atoms in total. The molecule has 1 unspecified atom stereocenters. The summed E-state index contributed by atoms with van der Waals surface area (Å²) in [6.45, 7) is 1.78. The molecule has 2 heterocycles. The molecule has 0 bridgehead atoms. The number of fused-ring (bicyclic) bond motifs is 1. The number of hydrogen-bond donors (Lipinski definition) is 2. The van der Waals surface area contributed by atoms with Gasteiger partial charge in [0, 0.05) is 26.4 Å². The molecule has 2 aromatic heterocycles. The fourth-order valence-corrected chi connectivity index (χ4v) is 3.39. The number of nitrogens with zero attached hydrogens (tertiary/aromatic N) is 1. The third kappa shape index (κ3) is 3.96. The lowest BCUT2D eigenvalue weighted by atomic mass is 10.2. The van der Waals surface area contributed by atoms with E-state index in [2.05, 4.69) is 16.0 Å². The average molecular weight is 345 g/mol. The van der Waals surface area contributed by atoms with Crippen molar-refractivity contribution in [3.8, 4) is 0 Å². The van der Waals surface area contributed by atoms with E-state index in [0.29, 0.717) is 6.42 Å². The molecule has 5 heteroatoms. The summed E-state index contributed by atoms with van der Waals surface area (Å²) < 4.78 is 0. The highest BCUT2D eigenvalue weighted by Gasteiger charge is 2.11. The summed E-state index contributed by atoms with van der Waals surface area (Å²) in [5, 5.41) is 11.2. The number of rotatable bonds is 5. The maximum atomic E-state index is 9.41. The molecule has 118 valence electrons. The number of halogens is 1. The second-order valence-electron chi connectivity index (χ2n) is 5.31. The van der Waals surface area contributed by atoms with Gasteiger partial charge in [0.2, 0.25) is 0 Å². The summed E-state index contributed by atoms with van der Waals surface area (Å²) in [5.74, 6) is 0. The molecule has 3 rings (SSSR count). The molecule has 0 fully saturated rings. The predicted octanol–water partition coefficient (Wildman–Crippen LogP) is 5.15. The molecule has 1 atom stereocenters. The Kier molecular flexibility index (Phi) is 5.06. The third-order valence-corrected chi connectivity index (χ3v) is 4.75. The van der Waals surface area contributed by atoms with Gasteiger partial charge in [-0.1, -0.05) is 29.4 Å². The quantitative estimate of drug-likeness (QED) is 0.672. The molecule has 0 saturated heterocycles. The van der Waals surface area contributed by atoms with Crippen LogP contribution in [-0.2, 0) is 0 Å². The molecule has 0 aliphatic heterocycles. The Balaban J connectivity index is 1.98. The number of aliphatic hydroxyl groups excluding tert-OH is 1. The minimum Gasteiger partial charge on any atom is -0.393 e. The van der Waals surface area contributed by atoms with Crippen LogP contribution in [0.25, 0.3) is 17.1 Å². The van der Waals surface area contributed by atoms with Crippen molar-refractivity contribution in [3.63, 3.8) is 0 Å². The first-order valence-electron chi connectivity index (χ1n) is 7.38. The lowest BCUT2D eigenvalue weighted by Crippen LogP contribution is -1.95. The molecule has 0 spiro atoms. The van der Waals surface area contributed by atoms with E-state index in [1.165, 1.54) is 0 Å². The highest BCUT2D eigenvalue weighted by molar-refractivity contribution is 7.99. The number of aliphatic hydroxyl groups is 1. The van der Waals surface area contributed by atoms with Crippen molar-refractivity contribution in [2.75, 3.05) is 0 Å². The molecule has 0 radical (unpaired) electrons. The van der Waals surface area contributed by atoms with Crippen LogP contribution in [0.4, 0.5) is 0 Å². The summed E-state index contributed by atoms with van der Waals surface area (Å²) in [7, 11) is 0. The van der Waals surface area contributed by atoms with Gasteiger partial charge in [0.1, 0.15) is 5.65 Å². The molecule has 0 aliphatic rings. The second-order valence-corrected chi connectivity index (χ2v) is 6.83. The van der Waals surface area contributed by atoms with Gasteiger partial charge in [-0.2, -0.15) is 0 Å². The minimum absolute atomic E-state index is 0.346. The van der Waals surface area contributed by atoms with E-state index in [4.69, 9.17) is 11.6 Å². The summed E-state index contributed by atoms with van der Waals surface area (Å²) >= 11 is 7.63. The second kappa shape index (κ2) is 7.21. The van der Waals surface area contributed by atoms with Gasteiger partial charge in [0.15, 0.2) is 0 Å². The third-order valence-electron chi connectivity index (χ3n) is 3.35. The Morgan fingerprint density at radius 2 is 2.09 bits per heavy atom. The SMILES string of the molecule is CC(O)C/C=C/c1[nH]c2ncccc2c1Sc1ccc(Cl)cc1. The predicted molar refractivity (Wildman–Crippen MR) is 97.0 cm³/mol. The molecule has 1 aromatic carbocycles. The van der Waals surface area contributed by atoms with E-state index in [-0.39, 0.29) is 6.10 Å². The van der Waals surface area contributed by atoms with Gasteiger partial charge in [0.05, 0.1) is 11.8 Å². The van der Waals surface area contributed by atoms with E-state index >= 15 is 0 Å². The van der Waals surface area contributed by atoms with Gasteiger partial charge in [-0.15, -0.1) is 0 Å². The standard InChI is InChI=1S/C18H17ClN2OS/c1-12(22)4-2-6-16-17(15-5-3-11-20-18(15)21-16)23-14-9-7-13(19)8-10-14/h2-3,5-12,22H,4H2,1H3,(H,20,21)/b6-2+. The zero-order valence-corrected chi connectivity index (χ0v) is 14.2. The molecular formula is C18H17ClN2OS. The zero-order valence-electron chi connectivity index (χ0n) is 12.7. The van der Waals surface area contributed by atoms with Gasteiger partial charge in [-0.05, 0) is 55.8 Å². The molecule has 3 aromatic rings. The van der Waals surface area contributed by atoms with E-state index in [0.717, 1.165) is 31.5 Å². The zero-order chi connectivity index (χ0) is 16.2. The number of H-pyrrole nitrogens is 1. The van der Waals surface area contributed by atoms with Crippen LogP contribution in [0.3, 0.4) is 0 Å². The van der Waals surface area contributed by atoms with Crippen molar-refractivity contribution < 1.29 is 5.11 Å². The highest BCUT2D eigenvalue weighted by Crippen LogP contribution is 2.37. The topological polar surface area (TPSA) is 48.9 Å². The van der Waals surface area contributed by atoms with Crippen molar-refractivity contribution >= 4 is 40.5 Å². The van der Waals surface area contributed by atoms with Crippen molar-refractivity contribution in [1.82, 2.24) is 9.97 Å². The highest BCUT2D eigenvalue weighted by atomic mass is 35.5. The number of benzene rings is 1. The largest absolute Gasteiger partial charge is 0.393 e. The minimum atomic E-state index is -0.346. The van der Waals surface area contributed by atoms with Crippen LogP contribution < -0.4 is 0 Å². The average Bonchev–Trinajstić information content (AvgIpc) is 2.87. The first kappa shape index (κ1) is 16.1. The Bertz CT molecular complexity index is 825. The van der Waals surface area contributed by atoms with Crippen LogP contribution in [0.5, 0.6) is 0 Å². The first-order chi connectivity index (χ1) is 11.1. The summed E-state index contributed by atoms with van der Waals surface area (Å²) in [5.41, 5.74) is 1.86. The maximum Gasteiger partial charge on any atom is 0.138 e. The number of pyridine rings is 1. The van der Waals surface area contributed by atoms with Crippen molar-refractivity contribution in [2.45, 2.75) is 29.2 Å². The van der Waals surface area contributed by atoms with Crippen LogP contribution in [-0.4, -0.2) is 21.2 Å². The van der Waals surface area contributed by atoms with E-state index in [1.807, 2.05) is 42.5 Å². The lowest BCUT2D eigenvalue weighted by molar-refractivity contribution is 0.199.